The van der Waals surface area contributed by atoms with Gasteiger partial charge in [0, 0.05) is 30.4 Å². The zero-order valence-corrected chi connectivity index (χ0v) is 19.6. The first kappa shape index (κ1) is 22.9. The van der Waals surface area contributed by atoms with Crippen molar-refractivity contribution in [3.63, 3.8) is 0 Å². The summed E-state index contributed by atoms with van der Waals surface area (Å²) < 4.78 is 0. The van der Waals surface area contributed by atoms with Gasteiger partial charge in [-0.1, -0.05) is 56.2 Å². The molecule has 0 radical (unpaired) electrons. The van der Waals surface area contributed by atoms with Gasteiger partial charge < -0.3 is 15.3 Å². The molecule has 1 heterocycles. The van der Waals surface area contributed by atoms with E-state index in [2.05, 4.69) is 35.3 Å². The molecular formula is C27H32N4O2. The number of aliphatic hydroxyl groups is 1. The number of nitrogens with one attached hydrogen (secondary N) is 2. The van der Waals surface area contributed by atoms with Crippen molar-refractivity contribution in [3.8, 4) is 12.3 Å². The van der Waals surface area contributed by atoms with Crippen molar-refractivity contribution >= 4 is 5.91 Å². The molecule has 1 amide bonds. The number of rotatable bonds is 6. The monoisotopic (exact) mass is 444 g/mol. The number of hydrogen-bond donors (Lipinski definition) is 3. The van der Waals surface area contributed by atoms with E-state index in [1.54, 1.807) is 24.1 Å². The van der Waals surface area contributed by atoms with Gasteiger partial charge in [-0.15, -0.1) is 6.42 Å². The Bertz CT molecular complexity index is 1120. The summed E-state index contributed by atoms with van der Waals surface area (Å²) in [5.74, 6) is 2.40. The molecule has 2 aliphatic carbocycles. The van der Waals surface area contributed by atoms with Crippen LogP contribution in [0.2, 0.25) is 0 Å². The second-order valence-electron chi connectivity index (χ2n) is 9.75. The second-order valence-corrected chi connectivity index (χ2v) is 9.75. The number of nitrogens with zero attached hydrogens (tertiary/aromatic N) is 2. The quantitative estimate of drug-likeness (QED) is 0.597. The lowest BCUT2D eigenvalue weighted by molar-refractivity contribution is -0.140. The van der Waals surface area contributed by atoms with Crippen molar-refractivity contribution in [2.75, 3.05) is 7.05 Å². The van der Waals surface area contributed by atoms with Crippen LogP contribution in [0.4, 0.5) is 0 Å². The molecular weight excluding hydrogens is 412 g/mol. The number of terminal acetylenes is 1. The Morgan fingerprint density at radius 3 is 2.88 bits per heavy atom. The van der Waals surface area contributed by atoms with Crippen LogP contribution in [-0.4, -0.2) is 39.2 Å². The number of hydrogen-bond acceptors (Lipinski definition) is 4. The first-order valence-corrected chi connectivity index (χ1v) is 11.5. The maximum absolute atomic E-state index is 12.9. The number of likely N-dealkylation sites (N-methyl/N-ethyl adjacent to an activating group) is 1. The number of carbonyl (C=O) groups is 1. The summed E-state index contributed by atoms with van der Waals surface area (Å²) in [5, 5.41) is 21.8. The van der Waals surface area contributed by atoms with Crippen LogP contribution in [0.25, 0.3) is 0 Å². The summed E-state index contributed by atoms with van der Waals surface area (Å²) >= 11 is 0. The standard InChI is InChI=1S/C27H32N4O2/c1-5-18-11-12-20(31(4)26(33)25(32)19-9-7-6-8-10-19)15-22(18)28-17-24-21-13-14-27(2,3)16-23(21)29-30-24/h1,6-12,20,25,28,32H,13-17H2,2-4H3,(H,29,30). The predicted molar refractivity (Wildman–Crippen MR) is 129 cm³/mol. The van der Waals surface area contributed by atoms with Crippen molar-refractivity contribution in [3.05, 3.63) is 76.3 Å². The van der Waals surface area contributed by atoms with Crippen molar-refractivity contribution in [1.82, 2.24) is 20.4 Å². The Balaban J connectivity index is 1.43. The number of allylic oxidation sites excluding steroid dienone is 2. The summed E-state index contributed by atoms with van der Waals surface area (Å²) in [6, 6.07) is 8.78. The number of fused-ring (bicyclic) bond motifs is 1. The summed E-state index contributed by atoms with van der Waals surface area (Å²) in [6.45, 7) is 5.16. The zero-order chi connectivity index (χ0) is 23.6. The Morgan fingerprint density at radius 2 is 2.15 bits per heavy atom. The van der Waals surface area contributed by atoms with Gasteiger partial charge >= 0.3 is 0 Å². The summed E-state index contributed by atoms with van der Waals surface area (Å²) in [4.78, 5) is 14.5. The highest BCUT2D eigenvalue weighted by atomic mass is 16.3. The molecule has 1 aromatic heterocycles. The Hall–Kier alpha value is -3.30. The van der Waals surface area contributed by atoms with Gasteiger partial charge in [0.05, 0.1) is 18.3 Å². The highest BCUT2D eigenvalue weighted by Crippen LogP contribution is 2.35. The van der Waals surface area contributed by atoms with Crippen LogP contribution >= 0.6 is 0 Å². The fraction of sp³-hybridized carbons (Fsp3) is 0.407. The van der Waals surface area contributed by atoms with Crippen LogP contribution in [-0.2, 0) is 24.2 Å². The molecule has 6 nitrogen and oxygen atoms in total. The van der Waals surface area contributed by atoms with E-state index in [9.17, 15) is 9.90 Å². The van der Waals surface area contributed by atoms with Gasteiger partial charge in [0.2, 0.25) is 0 Å². The SMILES string of the molecule is C#CC1=C(NCc2n[nH]c3c2CCC(C)(C)C3)CC(N(C)C(=O)C(O)c2ccccc2)C=C1. The number of aromatic nitrogens is 2. The van der Waals surface area contributed by atoms with Gasteiger partial charge in [0.25, 0.3) is 5.91 Å². The molecule has 172 valence electrons. The fourth-order valence-corrected chi connectivity index (χ4v) is 4.65. The van der Waals surface area contributed by atoms with E-state index in [0.29, 0.717) is 23.9 Å². The third kappa shape index (κ3) is 4.89. The van der Waals surface area contributed by atoms with Crippen LogP contribution in [0.1, 0.15) is 55.3 Å². The molecule has 6 heteroatoms. The largest absolute Gasteiger partial charge is 0.382 e. The molecule has 4 rings (SSSR count). The number of amides is 1. The second kappa shape index (κ2) is 9.29. The number of aromatic amines is 1. The average molecular weight is 445 g/mol. The van der Waals surface area contributed by atoms with E-state index in [4.69, 9.17) is 6.42 Å². The Morgan fingerprint density at radius 1 is 1.39 bits per heavy atom. The first-order chi connectivity index (χ1) is 15.8. The molecule has 33 heavy (non-hydrogen) atoms. The van der Waals surface area contributed by atoms with Crippen molar-refractivity contribution in [2.24, 2.45) is 5.41 Å². The smallest absolute Gasteiger partial charge is 0.256 e. The molecule has 3 N–H and O–H groups in total. The van der Waals surface area contributed by atoms with E-state index in [1.807, 2.05) is 30.4 Å². The lowest BCUT2D eigenvalue weighted by atomic mass is 9.76. The number of H-pyrrole nitrogens is 1. The average Bonchev–Trinajstić information content (AvgIpc) is 3.22. The van der Waals surface area contributed by atoms with Gasteiger partial charge in [0.15, 0.2) is 6.10 Å². The molecule has 2 aromatic rings. The fourth-order valence-electron chi connectivity index (χ4n) is 4.65. The van der Waals surface area contributed by atoms with Crippen LogP contribution in [0.15, 0.2) is 53.8 Å². The van der Waals surface area contributed by atoms with Crippen molar-refractivity contribution in [2.45, 2.75) is 58.2 Å². The van der Waals surface area contributed by atoms with Crippen LogP contribution in [0.3, 0.4) is 0 Å². The normalized spacial score (nSPS) is 20.0. The van der Waals surface area contributed by atoms with Crippen LogP contribution < -0.4 is 5.32 Å². The molecule has 0 fully saturated rings. The first-order valence-electron chi connectivity index (χ1n) is 11.5. The molecule has 0 aliphatic heterocycles. The minimum Gasteiger partial charge on any atom is -0.382 e. The molecule has 2 aliphatic rings. The highest BCUT2D eigenvalue weighted by molar-refractivity contribution is 5.82. The maximum Gasteiger partial charge on any atom is 0.256 e. The van der Waals surface area contributed by atoms with Crippen LogP contribution in [0.5, 0.6) is 0 Å². The van der Waals surface area contributed by atoms with E-state index < -0.39 is 6.10 Å². The zero-order valence-electron chi connectivity index (χ0n) is 19.6. The molecule has 1 aromatic carbocycles. The van der Waals surface area contributed by atoms with Gasteiger partial charge in [-0.05, 0) is 41.9 Å². The minimum atomic E-state index is -1.20. The van der Waals surface area contributed by atoms with Crippen molar-refractivity contribution < 1.29 is 9.90 Å². The van der Waals surface area contributed by atoms with Gasteiger partial charge in [0.1, 0.15) is 0 Å². The van der Waals surface area contributed by atoms with Gasteiger partial charge in [-0.2, -0.15) is 5.10 Å². The van der Waals surface area contributed by atoms with E-state index in [1.165, 1.54) is 11.3 Å². The third-order valence-corrected chi connectivity index (χ3v) is 6.79. The van der Waals surface area contributed by atoms with Crippen LogP contribution in [0, 0.1) is 17.8 Å². The molecule has 0 saturated carbocycles. The highest BCUT2D eigenvalue weighted by Gasteiger charge is 2.30. The molecule has 0 saturated heterocycles. The molecule has 0 bridgehead atoms. The topological polar surface area (TPSA) is 81.2 Å². The summed E-state index contributed by atoms with van der Waals surface area (Å²) in [6.07, 6.45) is 12.1. The number of aliphatic hydroxyl groups excluding tert-OH is 1. The third-order valence-electron chi connectivity index (χ3n) is 6.79. The molecule has 0 spiro atoms. The molecule has 2 atom stereocenters. The van der Waals surface area contributed by atoms with Crippen molar-refractivity contribution in [1.29, 1.82) is 0 Å². The predicted octanol–water partition coefficient (Wildman–Crippen LogP) is 3.42. The maximum atomic E-state index is 12.9. The Labute approximate surface area is 195 Å². The molecule has 2 unspecified atom stereocenters. The summed E-state index contributed by atoms with van der Waals surface area (Å²) in [5.41, 5.74) is 6.14. The van der Waals surface area contributed by atoms with Gasteiger partial charge in [-0.25, -0.2) is 0 Å². The number of carbonyl (C=O) groups excluding carboxylic acids is 1. The van der Waals surface area contributed by atoms with E-state index >= 15 is 0 Å². The number of benzene rings is 1. The van der Waals surface area contributed by atoms with Gasteiger partial charge in [-0.3, -0.25) is 9.89 Å². The Kier molecular flexibility index (Phi) is 6.44. The lowest BCUT2D eigenvalue weighted by Crippen LogP contribution is -2.41. The summed E-state index contributed by atoms with van der Waals surface area (Å²) in [7, 11) is 1.72. The van der Waals surface area contributed by atoms with E-state index in [0.717, 1.165) is 36.2 Å². The minimum absolute atomic E-state index is 0.204. The lowest BCUT2D eigenvalue weighted by Gasteiger charge is -2.31. The van der Waals surface area contributed by atoms with E-state index in [-0.39, 0.29) is 11.9 Å².